The Morgan fingerprint density at radius 2 is 0.743 bits per heavy atom. The molecule has 6 heterocycles. The summed E-state index contributed by atoms with van der Waals surface area (Å²) in [5.41, 5.74) is 17.6. The molecule has 344 valence electrons. The highest BCUT2D eigenvalue weighted by Gasteiger charge is 2.29. The van der Waals surface area contributed by atoms with Crippen LogP contribution in [-0.2, 0) is 0 Å². The lowest BCUT2D eigenvalue weighted by Crippen LogP contribution is -2.16. The Morgan fingerprint density at radius 1 is 0.270 bits per heavy atom. The summed E-state index contributed by atoms with van der Waals surface area (Å²) in [5, 5.41) is 9.57. The molecule has 0 N–H and O–H groups in total. The Morgan fingerprint density at radius 3 is 1.34 bits per heavy atom. The standard InChI is InChI=1S/C68H42N6/c1-3-19-46(20-4-1)71-58-29-10-7-23-48(58)52-39-44(35-37-61(52)71)56-27-15-33-66(69-56)73-60-31-12-9-25-50(60)54-41-55-51-26-13-17-43-18-14-32-63(68(43)51)74(65(55)42-64(54)73)67-34-16-28-57(70-67)45-36-38-62-53(40-45)49-24-8-11-30-59(49)72(62)47-21-5-2-6-22-47/h1-42H. The summed E-state index contributed by atoms with van der Waals surface area (Å²) < 4.78 is 7.06. The van der Waals surface area contributed by atoms with Gasteiger partial charge in [-0.2, -0.15) is 0 Å². The minimum atomic E-state index is 0.851. The lowest BCUT2D eigenvalue weighted by molar-refractivity contribution is 1.08. The molecule has 5 aromatic heterocycles. The van der Waals surface area contributed by atoms with E-state index in [4.69, 9.17) is 9.97 Å². The minimum absolute atomic E-state index is 0.851. The summed E-state index contributed by atoms with van der Waals surface area (Å²) in [4.78, 5) is 13.5. The molecule has 10 aromatic carbocycles. The average Bonchev–Trinajstić information content (AvgIpc) is 4.11. The summed E-state index contributed by atoms with van der Waals surface area (Å²) in [6, 6.07) is 91.9. The Bertz CT molecular complexity index is 4790. The summed E-state index contributed by atoms with van der Waals surface area (Å²) in [6.07, 6.45) is 0. The third kappa shape index (κ3) is 5.94. The molecule has 0 saturated carbocycles. The van der Waals surface area contributed by atoms with Gasteiger partial charge >= 0.3 is 0 Å². The van der Waals surface area contributed by atoms with Crippen LogP contribution in [-0.4, -0.2) is 23.7 Å². The molecule has 0 spiro atoms. The molecule has 0 unspecified atom stereocenters. The molecule has 0 bridgehead atoms. The van der Waals surface area contributed by atoms with Crippen LogP contribution in [0.4, 0.5) is 17.2 Å². The number of aromatic nitrogens is 5. The number of nitrogens with zero attached hydrogens (tertiary/aromatic N) is 6. The molecular weight excluding hydrogens is 901 g/mol. The van der Waals surface area contributed by atoms with Crippen molar-refractivity contribution < 1.29 is 0 Å². The van der Waals surface area contributed by atoms with E-state index in [2.05, 4.69) is 273 Å². The fraction of sp³-hybridized carbons (Fsp3) is 0. The molecule has 0 fully saturated rings. The molecule has 1 aliphatic rings. The highest BCUT2D eigenvalue weighted by Crippen LogP contribution is 2.53. The van der Waals surface area contributed by atoms with Gasteiger partial charge in [-0.1, -0.05) is 146 Å². The number of rotatable bonds is 6. The molecule has 15 aromatic rings. The number of hydrogen-bond acceptors (Lipinski definition) is 3. The zero-order valence-corrected chi connectivity index (χ0v) is 39.9. The van der Waals surface area contributed by atoms with Crippen molar-refractivity contribution in [3.63, 3.8) is 0 Å². The van der Waals surface area contributed by atoms with Crippen molar-refractivity contribution in [2.24, 2.45) is 0 Å². The second kappa shape index (κ2) is 15.7. The Balaban J connectivity index is 0.872. The zero-order chi connectivity index (χ0) is 48.4. The van der Waals surface area contributed by atoms with Gasteiger partial charge in [-0.05, 0) is 120 Å². The maximum absolute atomic E-state index is 5.58. The predicted molar refractivity (Wildman–Crippen MR) is 307 cm³/mol. The summed E-state index contributed by atoms with van der Waals surface area (Å²) in [5.74, 6) is 1.71. The summed E-state index contributed by atoms with van der Waals surface area (Å²) in [7, 11) is 0. The van der Waals surface area contributed by atoms with E-state index in [0.717, 1.165) is 73.5 Å². The normalized spacial score (nSPS) is 12.3. The first-order chi connectivity index (χ1) is 36.7. The summed E-state index contributed by atoms with van der Waals surface area (Å²) in [6.45, 7) is 0. The van der Waals surface area contributed by atoms with Gasteiger partial charge in [-0.25, -0.2) is 9.97 Å². The average molecular weight is 943 g/mol. The van der Waals surface area contributed by atoms with Gasteiger partial charge in [0, 0.05) is 65.8 Å². The molecule has 6 nitrogen and oxygen atoms in total. The number of para-hydroxylation sites is 5. The Hall–Kier alpha value is -10.0. The maximum atomic E-state index is 5.58. The van der Waals surface area contributed by atoms with Gasteiger partial charge in [0.1, 0.15) is 11.6 Å². The van der Waals surface area contributed by atoms with E-state index < -0.39 is 0 Å². The van der Waals surface area contributed by atoms with Crippen LogP contribution in [0.1, 0.15) is 0 Å². The van der Waals surface area contributed by atoms with Gasteiger partial charge in [0.15, 0.2) is 0 Å². The van der Waals surface area contributed by atoms with Crippen molar-refractivity contribution in [2.45, 2.75) is 0 Å². The van der Waals surface area contributed by atoms with Crippen molar-refractivity contribution in [1.82, 2.24) is 23.7 Å². The van der Waals surface area contributed by atoms with E-state index in [0.29, 0.717) is 0 Å². The first-order valence-electron chi connectivity index (χ1n) is 25.2. The monoisotopic (exact) mass is 942 g/mol. The van der Waals surface area contributed by atoms with E-state index in [1.165, 1.54) is 70.7 Å². The quantitative estimate of drug-likeness (QED) is 0.167. The van der Waals surface area contributed by atoms with Crippen molar-refractivity contribution in [3.05, 3.63) is 255 Å². The molecular formula is C68H42N6. The molecule has 0 aliphatic carbocycles. The van der Waals surface area contributed by atoms with Crippen molar-refractivity contribution in [1.29, 1.82) is 0 Å². The van der Waals surface area contributed by atoms with E-state index >= 15 is 0 Å². The molecule has 0 atom stereocenters. The van der Waals surface area contributed by atoms with Gasteiger partial charge in [0.25, 0.3) is 0 Å². The molecule has 74 heavy (non-hydrogen) atoms. The predicted octanol–water partition coefficient (Wildman–Crippen LogP) is 17.7. The van der Waals surface area contributed by atoms with Crippen LogP contribution >= 0.6 is 0 Å². The molecule has 0 radical (unpaired) electrons. The van der Waals surface area contributed by atoms with E-state index in [1.807, 2.05) is 0 Å². The lowest BCUT2D eigenvalue weighted by atomic mass is 9.90. The second-order valence-electron chi connectivity index (χ2n) is 19.4. The third-order valence-electron chi connectivity index (χ3n) is 15.3. The number of benzene rings is 10. The molecule has 1 aliphatic heterocycles. The van der Waals surface area contributed by atoms with Crippen molar-refractivity contribution in [3.8, 4) is 50.8 Å². The Labute approximate surface area is 425 Å². The van der Waals surface area contributed by atoms with E-state index in [1.54, 1.807) is 0 Å². The van der Waals surface area contributed by atoms with Gasteiger partial charge in [-0.3, -0.25) is 9.47 Å². The molecule has 0 saturated heterocycles. The molecule has 0 amide bonds. The highest BCUT2D eigenvalue weighted by molar-refractivity contribution is 6.19. The maximum Gasteiger partial charge on any atom is 0.138 e. The third-order valence-corrected chi connectivity index (χ3v) is 15.3. The number of fused-ring (bicyclic) bond motifs is 11. The largest absolute Gasteiger partial charge is 0.309 e. The van der Waals surface area contributed by atoms with Crippen LogP contribution in [0.3, 0.4) is 0 Å². The molecule has 6 heteroatoms. The smallest absolute Gasteiger partial charge is 0.138 e. The van der Waals surface area contributed by atoms with Gasteiger partial charge in [0.2, 0.25) is 0 Å². The fourth-order valence-corrected chi connectivity index (χ4v) is 12.2. The fourth-order valence-electron chi connectivity index (χ4n) is 12.2. The van der Waals surface area contributed by atoms with Gasteiger partial charge < -0.3 is 9.13 Å². The number of pyridine rings is 2. The van der Waals surface area contributed by atoms with E-state index in [9.17, 15) is 0 Å². The number of hydrogen-bond donors (Lipinski definition) is 0. The Kier molecular flexibility index (Phi) is 8.64. The minimum Gasteiger partial charge on any atom is -0.309 e. The van der Waals surface area contributed by atoms with Crippen molar-refractivity contribution >= 4 is 93.4 Å². The van der Waals surface area contributed by atoms with Crippen LogP contribution in [0.15, 0.2) is 255 Å². The van der Waals surface area contributed by atoms with E-state index in [-0.39, 0.29) is 0 Å². The van der Waals surface area contributed by atoms with Crippen molar-refractivity contribution in [2.75, 3.05) is 4.90 Å². The second-order valence-corrected chi connectivity index (χ2v) is 19.4. The first-order valence-corrected chi connectivity index (χ1v) is 25.2. The molecule has 16 rings (SSSR count). The SMILES string of the molecule is c1ccc(-n2c3ccccc3c3cc(-c4cccc(N5c6cc7c(cc6-c6cccc8cccc5c68)c5ccccc5n7-c5cccc(-c6ccc7c(c6)c6ccccc6n7-c6ccccc6)n5)n4)ccc32)cc1. The number of anilines is 3. The van der Waals surface area contributed by atoms with Crippen LogP contribution in [0.5, 0.6) is 0 Å². The topological polar surface area (TPSA) is 43.8 Å². The van der Waals surface area contributed by atoms with Crippen LogP contribution in [0.2, 0.25) is 0 Å². The van der Waals surface area contributed by atoms with Gasteiger partial charge in [-0.15, -0.1) is 0 Å². The summed E-state index contributed by atoms with van der Waals surface area (Å²) >= 11 is 0. The van der Waals surface area contributed by atoms with Gasteiger partial charge in [0.05, 0.1) is 55.9 Å². The highest BCUT2D eigenvalue weighted by atomic mass is 15.2. The lowest BCUT2D eigenvalue weighted by Gasteiger charge is -2.33. The van der Waals surface area contributed by atoms with Crippen LogP contribution in [0, 0.1) is 0 Å². The first kappa shape index (κ1) is 40.7. The van der Waals surface area contributed by atoms with Crippen LogP contribution in [0.25, 0.3) is 127 Å². The zero-order valence-electron chi connectivity index (χ0n) is 39.9. The van der Waals surface area contributed by atoms with Crippen LogP contribution < -0.4 is 4.90 Å².